The van der Waals surface area contributed by atoms with Crippen LogP contribution in [0.4, 0.5) is 0 Å². The van der Waals surface area contributed by atoms with Crippen LogP contribution in [0.3, 0.4) is 0 Å². The third-order valence-corrected chi connectivity index (χ3v) is 6.30. The number of fused-ring (bicyclic) bond motifs is 1. The molecule has 2 aliphatic heterocycles. The summed E-state index contributed by atoms with van der Waals surface area (Å²) < 4.78 is 6.55. The van der Waals surface area contributed by atoms with Crippen molar-refractivity contribution in [3.8, 4) is 0 Å². The van der Waals surface area contributed by atoms with E-state index < -0.39 is 0 Å². The molecular formula is C26H45BrN2O2. The van der Waals surface area contributed by atoms with Gasteiger partial charge in [0, 0.05) is 49.3 Å². The van der Waals surface area contributed by atoms with Crippen molar-refractivity contribution in [1.29, 1.82) is 0 Å². The van der Waals surface area contributed by atoms with Crippen LogP contribution in [0, 0.1) is 0 Å². The Morgan fingerprint density at radius 1 is 1.16 bits per heavy atom. The Kier molecular flexibility index (Phi) is 15.1. The Hall–Kier alpha value is -0.910. The number of hydrogen-bond acceptors (Lipinski definition) is 3. The molecule has 4 nitrogen and oxygen atoms in total. The third-order valence-electron chi connectivity index (χ3n) is 5.81. The highest BCUT2D eigenvalue weighted by molar-refractivity contribution is 9.10. The van der Waals surface area contributed by atoms with Gasteiger partial charge in [0.15, 0.2) is 0 Å². The van der Waals surface area contributed by atoms with E-state index >= 15 is 0 Å². The molecule has 1 amide bonds. The third kappa shape index (κ3) is 10.0. The summed E-state index contributed by atoms with van der Waals surface area (Å²) in [6.45, 7) is 13.6. The maximum Gasteiger partial charge on any atom is 0.222 e. The molecule has 0 unspecified atom stereocenters. The summed E-state index contributed by atoms with van der Waals surface area (Å²) >= 11 is 3.54. The lowest BCUT2D eigenvalue weighted by atomic mass is 9.98. The standard InChI is InChI=1S/C22H33BrN2O2.2C2H6/c1-2-4-20(24-21-10-13-27-14-11-21)5-3-6-22(26)25-12-9-17-7-8-19(23)15-18(17)16-25;2*1-2/h7-8,15,20-21,24H,2-6,9-14,16H2,1H3;2*1-2H3/t20-;;/m0../s1. The van der Waals surface area contributed by atoms with Crippen LogP contribution in [0.5, 0.6) is 0 Å². The molecule has 0 saturated carbocycles. The van der Waals surface area contributed by atoms with Crippen molar-refractivity contribution >= 4 is 21.8 Å². The van der Waals surface area contributed by atoms with Crippen LogP contribution in [-0.2, 0) is 22.5 Å². The molecule has 1 fully saturated rings. The van der Waals surface area contributed by atoms with Gasteiger partial charge in [-0.2, -0.15) is 0 Å². The van der Waals surface area contributed by atoms with Crippen LogP contribution in [0.1, 0.15) is 90.7 Å². The zero-order chi connectivity index (χ0) is 23.1. The largest absolute Gasteiger partial charge is 0.381 e. The predicted octanol–water partition coefficient (Wildman–Crippen LogP) is 6.49. The summed E-state index contributed by atoms with van der Waals surface area (Å²) in [7, 11) is 0. The molecule has 0 aliphatic carbocycles. The number of nitrogens with one attached hydrogen (secondary N) is 1. The second kappa shape index (κ2) is 16.7. The monoisotopic (exact) mass is 496 g/mol. The average molecular weight is 498 g/mol. The molecule has 5 heteroatoms. The Morgan fingerprint density at radius 3 is 2.55 bits per heavy atom. The highest BCUT2D eigenvalue weighted by Crippen LogP contribution is 2.24. The minimum Gasteiger partial charge on any atom is -0.381 e. The molecular weight excluding hydrogens is 452 g/mol. The van der Waals surface area contributed by atoms with Gasteiger partial charge in [-0.1, -0.05) is 63.0 Å². The summed E-state index contributed by atoms with van der Waals surface area (Å²) in [5, 5.41) is 3.82. The van der Waals surface area contributed by atoms with Gasteiger partial charge in [0.2, 0.25) is 5.91 Å². The molecule has 1 aromatic rings. The number of hydrogen-bond donors (Lipinski definition) is 1. The fourth-order valence-electron chi connectivity index (χ4n) is 4.25. The van der Waals surface area contributed by atoms with Gasteiger partial charge in [-0.15, -0.1) is 0 Å². The van der Waals surface area contributed by atoms with Gasteiger partial charge in [0.25, 0.3) is 0 Å². The number of halogens is 1. The molecule has 0 bridgehead atoms. The van der Waals surface area contributed by atoms with Crippen molar-refractivity contribution in [2.75, 3.05) is 19.8 Å². The van der Waals surface area contributed by atoms with Crippen LogP contribution in [-0.4, -0.2) is 42.6 Å². The summed E-state index contributed by atoms with van der Waals surface area (Å²) in [6.07, 6.45) is 8.30. The molecule has 1 N–H and O–H groups in total. The van der Waals surface area contributed by atoms with E-state index in [4.69, 9.17) is 4.74 Å². The smallest absolute Gasteiger partial charge is 0.222 e. The Balaban J connectivity index is 0.00000113. The van der Waals surface area contributed by atoms with E-state index in [1.54, 1.807) is 0 Å². The minimum atomic E-state index is 0.307. The second-order valence-corrected chi connectivity index (χ2v) is 8.83. The predicted molar refractivity (Wildman–Crippen MR) is 135 cm³/mol. The highest BCUT2D eigenvalue weighted by atomic mass is 79.9. The summed E-state index contributed by atoms with van der Waals surface area (Å²) in [5.41, 5.74) is 2.67. The molecule has 2 heterocycles. The molecule has 1 aromatic carbocycles. The van der Waals surface area contributed by atoms with Crippen LogP contribution in [0.15, 0.2) is 22.7 Å². The lowest BCUT2D eigenvalue weighted by Gasteiger charge is -2.30. The topological polar surface area (TPSA) is 41.6 Å². The fourth-order valence-corrected chi connectivity index (χ4v) is 4.66. The zero-order valence-corrected chi connectivity index (χ0v) is 22.1. The van der Waals surface area contributed by atoms with Crippen molar-refractivity contribution in [3.63, 3.8) is 0 Å². The zero-order valence-electron chi connectivity index (χ0n) is 20.5. The number of carbonyl (C=O) groups is 1. The Bertz CT molecular complexity index is 617. The van der Waals surface area contributed by atoms with E-state index in [2.05, 4.69) is 46.4 Å². The lowest BCUT2D eigenvalue weighted by Crippen LogP contribution is -2.41. The minimum absolute atomic E-state index is 0.307. The molecule has 3 rings (SSSR count). The number of amides is 1. The average Bonchev–Trinajstić information content (AvgIpc) is 2.82. The summed E-state index contributed by atoms with van der Waals surface area (Å²) in [5.74, 6) is 0.307. The van der Waals surface area contributed by atoms with E-state index in [0.717, 1.165) is 62.9 Å². The van der Waals surface area contributed by atoms with Crippen molar-refractivity contribution in [2.24, 2.45) is 0 Å². The van der Waals surface area contributed by atoms with E-state index in [1.807, 2.05) is 32.6 Å². The van der Waals surface area contributed by atoms with Gasteiger partial charge in [-0.25, -0.2) is 0 Å². The number of carbonyl (C=O) groups excluding carboxylic acids is 1. The first-order valence-corrected chi connectivity index (χ1v) is 13.3. The molecule has 0 aromatic heterocycles. The normalized spacial score (nSPS) is 16.9. The van der Waals surface area contributed by atoms with Crippen molar-refractivity contribution in [2.45, 2.75) is 105 Å². The number of ether oxygens (including phenoxy) is 1. The van der Waals surface area contributed by atoms with Gasteiger partial charge in [0.05, 0.1) is 0 Å². The van der Waals surface area contributed by atoms with E-state index in [1.165, 1.54) is 24.0 Å². The molecule has 178 valence electrons. The van der Waals surface area contributed by atoms with E-state index in [0.29, 0.717) is 24.4 Å². The van der Waals surface area contributed by atoms with Crippen molar-refractivity contribution in [1.82, 2.24) is 10.2 Å². The molecule has 1 atom stereocenters. The molecule has 0 radical (unpaired) electrons. The van der Waals surface area contributed by atoms with E-state index in [9.17, 15) is 4.79 Å². The van der Waals surface area contributed by atoms with Crippen LogP contribution < -0.4 is 5.32 Å². The van der Waals surface area contributed by atoms with Gasteiger partial charge < -0.3 is 15.0 Å². The fraction of sp³-hybridized carbons (Fsp3) is 0.731. The first-order valence-electron chi connectivity index (χ1n) is 12.5. The Labute approximate surface area is 199 Å². The molecule has 2 aliphatic rings. The number of nitrogens with zero attached hydrogens (tertiary/aromatic N) is 1. The van der Waals surface area contributed by atoms with Crippen LogP contribution in [0.25, 0.3) is 0 Å². The first kappa shape index (κ1) is 28.1. The number of benzene rings is 1. The summed E-state index contributed by atoms with van der Waals surface area (Å²) in [4.78, 5) is 14.7. The summed E-state index contributed by atoms with van der Waals surface area (Å²) in [6, 6.07) is 7.55. The van der Waals surface area contributed by atoms with Crippen LogP contribution >= 0.6 is 15.9 Å². The van der Waals surface area contributed by atoms with Gasteiger partial charge in [-0.05, 0) is 61.8 Å². The highest BCUT2D eigenvalue weighted by Gasteiger charge is 2.22. The quantitative estimate of drug-likeness (QED) is 0.446. The number of rotatable bonds is 8. The first-order chi connectivity index (χ1) is 15.2. The molecule has 31 heavy (non-hydrogen) atoms. The van der Waals surface area contributed by atoms with Crippen LogP contribution in [0.2, 0.25) is 0 Å². The van der Waals surface area contributed by atoms with Crippen molar-refractivity contribution in [3.05, 3.63) is 33.8 Å². The maximum absolute atomic E-state index is 12.7. The second-order valence-electron chi connectivity index (χ2n) is 7.91. The molecule has 1 saturated heterocycles. The SMILES string of the molecule is CC.CC.CCC[C@@H](CCCC(=O)N1CCc2ccc(Br)cc2C1)NC1CCOCC1. The Morgan fingerprint density at radius 2 is 1.87 bits per heavy atom. The van der Waals surface area contributed by atoms with Gasteiger partial charge in [0.1, 0.15) is 0 Å². The van der Waals surface area contributed by atoms with E-state index in [-0.39, 0.29) is 0 Å². The van der Waals surface area contributed by atoms with Gasteiger partial charge in [-0.3, -0.25) is 4.79 Å². The van der Waals surface area contributed by atoms with Crippen molar-refractivity contribution < 1.29 is 9.53 Å². The lowest BCUT2D eigenvalue weighted by molar-refractivity contribution is -0.132. The molecule has 0 spiro atoms. The maximum atomic E-state index is 12.7. The van der Waals surface area contributed by atoms with Gasteiger partial charge >= 0.3 is 0 Å².